The van der Waals surface area contributed by atoms with E-state index in [1.165, 1.54) is 0 Å². The molecule has 0 radical (unpaired) electrons. The van der Waals surface area contributed by atoms with Gasteiger partial charge in [0.25, 0.3) is 0 Å². The second-order valence-corrected chi connectivity index (χ2v) is 4.84. The number of pyridine rings is 1. The van der Waals surface area contributed by atoms with Gasteiger partial charge in [-0.2, -0.15) is 0 Å². The Labute approximate surface area is 127 Å². The molecular formula is C15H17NO6. The summed E-state index contributed by atoms with van der Waals surface area (Å²) in [5.74, 6) is -3.34. The number of hydrogen-bond donors (Lipinski definition) is 2. The van der Waals surface area contributed by atoms with Crippen LogP contribution in [0.5, 0.6) is 0 Å². The van der Waals surface area contributed by atoms with Crippen molar-refractivity contribution in [2.24, 2.45) is 0 Å². The topological polar surface area (TPSA) is 122 Å². The second kappa shape index (κ2) is 8.66. The first kappa shape index (κ1) is 17.5. The van der Waals surface area contributed by atoms with Crippen molar-refractivity contribution in [3.63, 3.8) is 0 Å². The summed E-state index contributed by atoms with van der Waals surface area (Å²) in [5.41, 5.74) is 0.770. The third kappa shape index (κ3) is 5.43. The molecule has 1 aromatic heterocycles. The van der Waals surface area contributed by atoms with E-state index in [2.05, 4.69) is 4.98 Å². The lowest BCUT2D eigenvalue weighted by Gasteiger charge is -2.13. The highest BCUT2D eigenvalue weighted by atomic mass is 16.4. The summed E-state index contributed by atoms with van der Waals surface area (Å²) in [7, 11) is 0. The Hall–Kier alpha value is -2.57. The number of carboxylic acids is 2. The number of carboxylic acid groups (broad SMARTS) is 2. The van der Waals surface area contributed by atoms with Crippen molar-refractivity contribution in [1.29, 1.82) is 0 Å². The number of carbonyl (C=O) groups excluding carboxylic acids is 2. The summed E-state index contributed by atoms with van der Waals surface area (Å²) in [6, 6.07) is 4.79. The molecule has 1 aromatic rings. The van der Waals surface area contributed by atoms with Gasteiger partial charge in [0, 0.05) is 12.8 Å². The van der Waals surface area contributed by atoms with E-state index in [1.807, 2.05) is 0 Å². The molecule has 2 atom stereocenters. The van der Waals surface area contributed by atoms with Gasteiger partial charge >= 0.3 is 11.9 Å². The zero-order valence-electron chi connectivity index (χ0n) is 11.8. The maximum atomic E-state index is 11.1. The fourth-order valence-electron chi connectivity index (χ4n) is 2.01. The largest absolute Gasteiger partial charge is 0.481 e. The first-order chi connectivity index (χ1) is 10.5. The van der Waals surface area contributed by atoms with Crippen molar-refractivity contribution in [3.8, 4) is 0 Å². The highest BCUT2D eigenvalue weighted by Crippen LogP contribution is 2.22. The lowest BCUT2D eigenvalue weighted by Crippen LogP contribution is -2.11. The first-order valence-electron chi connectivity index (χ1n) is 6.79. The summed E-state index contributed by atoms with van der Waals surface area (Å²) in [6.45, 7) is 0. The molecule has 2 unspecified atom stereocenters. The maximum absolute atomic E-state index is 11.1. The number of hydrogen-bond acceptors (Lipinski definition) is 5. The third-order valence-corrected chi connectivity index (χ3v) is 3.22. The summed E-state index contributed by atoms with van der Waals surface area (Å²) >= 11 is 0. The summed E-state index contributed by atoms with van der Waals surface area (Å²) in [4.78, 5) is 47.6. The Balaban J connectivity index is 2.90. The SMILES string of the molecule is O=CC(CCC(=O)O)c1cccc(C(C=O)CCC(=O)O)n1. The molecule has 0 amide bonds. The highest BCUT2D eigenvalue weighted by molar-refractivity contribution is 5.69. The van der Waals surface area contributed by atoms with Gasteiger partial charge in [0.15, 0.2) is 0 Å². The zero-order valence-corrected chi connectivity index (χ0v) is 11.8. The van der Waals surface area contributed by atoms with Crippen molar-refractivity contribution in [2.75, 3.05) is 0 Å². The Morgan fingerprint density at radius 3 is 1.68 bits per heavy atom. The van der Waals surface area contributed by atoms with Crippen LogP contribution < -0.4 is 0 Å². The van der Waals surface area contributed by atoms with Crippen LogP contribution in [-0.2, 0) is 19.2 Å². The molecular weight excluding hydrogens is 290 g/mol. The Morgan fingerprint density at radius 1 is 0.955 bits per heavy atom. The van der Waals surface area contributed by atoms with Gasteiger partial charge in [-0.3, -0.25) is 14.6 Å². The predicted octanol–water partition coefficient (Wildman–Crippen LogP) is 1.38. The van der Waals surface area contributed by atoms with Gasteiger partial charge in [0.05, 0.1) is 23.2 Å². The molecule has 7 heteroatoms. The number of aromatic nitrogens is 1. The van der Waals surface area contributed by atoms with Crippen molar-refractivity contribution in [3.05, 3.63) is 29.6 Å². The fourth-order valence-corrected chi connectivity index (χ4v) is 2.01. The van der Waals surface area contributed by atoms with E-state index in [9.17, 15) is 19.2 Å². The van der Waals surface area contributed by atoms with E-state index in [0.717, 1.165) is 0 Å². The summed E-state index contributed by atoms with van der Waals surface area (Å²) in [6.07, 6.45) is 1.17. The van der Waals surface area contributed by atoms with Crippen LogP contribution in [0.15, 0.2) is 18.2 Å². The summed E-state index contributed by atoms with van der Waals surface area (Å²) in [5, 5.41) is 17.3. The van der Waals surface area contributed by atoms with Gasteiger partial charge in [-0.1, -0.05) is 6.07 Å². The Morgan fingerprint density at radius 2 is 1.36 bits per heavy atom. The number of aliphatic carboxylic acids is 2. The van der Waals surface area contributed by atoms with Crippen molar-refractivity contribution < 1.29 is 29.4 Å². The quantitative estimate of drug-likeness (QED) is 0.626. The number of carbonyl (C=O) groups is 4. The smallest absolute Gasteiger partial charge is 0.303 e. The minimum atomic E-state index is -1.00. The van der Waals surface area contributed by atoms with Gasteiger partial charge in [-0.05, 0) is 25.0 Å². The molecule has 0 saturated carbocycles. The van der Waals surface area contributed by atoms with Crippen molar-refractivity contribution in [1.82, 2.24) is 4.98 Å². The lowest BCUT2D eigenvalue weighted by molar-refractivity contribution is -0.138. The number of rotatable bonds is 10. The molecule has 0 saturated heterocycles. The fraction of sp³-hybridized carbons (Fsp3) is 0.400. The Bertz CT molecular complexity index is 511. The monoisotopic (exact) mass is 307 g/mol. The van der Waals surface area contributed by atoms with E-state index >= 15 is 0 Å². The van der Waals surface area contributed by atoms with Crippen LogP contribution in [0.3, 0.4) is 0 Å². The molecule has 2 N–H and O–H groups in total. The number of nitrogens with zero attached hydrogens (tertiary/aromatic N) is 1. The van der Waals surface area contributed by atoms with Gasteiger partial charge < -0.3 is 19.8 Å². The van der Waals surface area contributed by atoms with E-state index < -0.39 is 23.8 Å². The van der Waals surface area contributed by atoms with E-state index in [4.69, 9.17) is 10.2 Å². The lowest BCUT2D eigenvalue weighted by atomic mass is 9.97. The molecule has 0 aliphatic rings. The molecule has 1 rings (SSSR count). The average Bonchev–Trinajstić information content (AvgIpc) is 2.48. The molecule has 1 heterocycles. The van der Waals surface area contributed by atoms with E-state index in [0.29, 0.717) is 24.0 Å². The predicted molar refractivity (Wildman–Crippen MR) is 75.6 cm³/mol. The average molecular weight is 307 g/mol. The van der Waals surface area contributed by atoms with Gasteiger partial charge in [0.2, 0.25) is 0 Å². The van der Waals surface area contributed by atoms with Crippen LogP contribution in [0.2, 0.25) is 0 Å². The number of aldehydes is 2. The highest BCUT2D eigenvalue weighted by Gasteiger charge is 2.18. The van der Waals surface area contributed by atoms with Crippen LogP contribution in [0.25, 0.3) is 0 Å². The van der Waals surface area contributed by atoms with Gasteiger partial charge in [-0.25, -0.2) is 0 Å². The third-order valence-electron chi connectivity index (χ3n) is 3.22. The summed E-state index contributed by atoms with van der Waals surface area (Å²) < 4.78 is 0. The van der Waals surface area contributed by atoms with Crippen molar-refractivity contribution in [2.45, 2.75) is 37.5 Å². The molecule has 0 fully saturated rings. The van der Waals surface area contributed by atoms with Crippen LogP contribution in [0.1, 0.15) is 48.9 Å². The molecule has 118 valence electrons. The molecule has 0 aromatic carbocycles. The molecule has 0 aliphatic heterocycles. The molecule has 22 heavy (non-hydrogen) atoms. The van der Waals surface area contributed by atoms with Gasteiger partial charge in [-0.15, -0.1) is 0 Å². The van der Waals surface area contributed by atoms with Crippen LogP contribution in [-0.4, -0.2) is 39.7 Å². The molecule has 0 aliphatic carbocycles. The van der Waals surface area contributed by atoms with E-state index in [1.54, 1.807) is 18.2 Å². The minimum Gasteiger partial charge on any atom is -0.481 e. The zero-order chi connectivity index (χ0) is 16.5. The minimum absolute atomic E-state index is 0.121. The first-order valence-corrected chi connectivity index (χ1v) is 6.79. The Kier molecular flexibility index (Phi) is 6.88. The van der Waals surface area contributed by atoms with Crippen molar-refractivity contribution >= 4 is 24.5 Å². The van der Waals surface area contributed by atoms with Crippen LogP contribution in [0, 0.1) is 0 Å². The van der Waals surface area contributed by atoms with E-state index in [-0.39, 0.29) is 25.7 Å². The molecule has 0 bridgehead atoms. The van der Waals surface area contributed by atoms with Crippen LogP contribution >= 0.6 is 0 Å². The molecule has 7 nitrogen and oxygen atoms in total. The second-order valence-electron chi connectivity index (χ2n) is 4.84. The molecule has 0 spiro atoms. The maximum Gasteiger partial charge on any atom is 0.303 e. The standard InChI is InChI=1S/C15H17NO6/c17-8-10(4-6-14(19)20)12-2-1-3-13(16-12)11(9-18)5-7-15(21)22/h1-3,8-11H,4-7H2,(H,19,20)(H,21,22). The normalized spacial score (nSPS) is 13.1. The van der Waals surface area contributed by atoms with Crippen LogP contribution in [0.4, 0.5) is 0 Å². The van der Waals surface area contributed by atoms with Gasteiger partial charge in [0.1, 0.15) is 12.6 Å².